The van der Waals surface area contributed by atoms with Crippen molar-refractivity contribution in [3.8, 4) is 0 Å². The van der Waals surface area contributed by atoms with E-state index in [0.29, 0.717) is 23.5 Å². The molecule has 2 heterocycles. The molecule has 0 bridgehead atoms. The largest absolute Gasteiger partial charge is 0.462 e. The summed E-state index contributed by atoms with van der Waals surface area (Å²) in [5.41, 5.74) is -0.0572. The maximum atomic E-state index is 12.3. The van der Waals surface area contributed by atoms with Crippen molar-refractivity contribution in [3.05, 3.63) is 39.3 Å². The number of nitrogens with zero attached hydrogens (tertiary/aromatic N) is 2. The van der Waals surface area contributed by atoms with Gasteiger partial charge in [0.05, 0.1) is 12.0 Å². The fourth-order valence-corrected chi connectivity index (χ4v) is 2.18. The van der Waals surface area contributed by atoms with Crippen LogP contribution in [0.4, 0.5) is 0 Å². The molecule has 0 fully saturated rings. The number of carbonyl (C=O) groups excluding carboxylic acids is 1. The summed E-state index contributed by atoms with van der Waals surface area (Å²) in [4.78, 5) is 28.2. The minimum atomic E-state index is -0.655. The predicted octanol–water partition coefficient (Wildman–Crippen LogP) is 2.47. The second-order valence-electron chi connectivity index (χ2n) is 3.98. The number of aryl methyl sites for hydroxylation is 1. The van der Waals surface area contributed by atoms with Gasteiger partial charge >= 0.3 is 5.97 Å². The molecule has 0 N–H and O–H groups in total. The average molecular weight is 315 g/mol. The Balaban J connectivity index is 2.73. The number of rotatable bonds is 4. The number of hydrogen-bond donors (Lipinski definition) is 0. The van der Waals surface area contributed by atoms with Gasteiger partial charge in [0.1, 0.15) is 16.4 Å². The Bertz CT molecular complexity index is 713. The first-order valence-corrected chi connectivity index (χ1v) is 6.92. The van der Waals surface area contributed by atoms with Crippen LogP contribution in [0.3, 0.4) is 0 Å². The lowest BCUT2D eigenvalue weighted by atomic mass is 10.2. The van der Waals surface area contributed by atoms with Gasteiger partial charge in [-0.15, -0.1) is 11.6 Å². The molecule has 0 spiro atoms. The lowest BCUT2D eigenvalue weighted by Gasteiger charge is -2.11. The van der Waals surface area contributed by atoms with Crippen LogP contribution in [0.1, 0.15) is 17.3 Å². The summed E-state index contributed by atoms with van der Waals surface area (Å²) in [6, 6.07) is 3.05. The lowest BCUT2D eigenvalue weighted by Crippen LogP contribution is -2.21. The monoisotopic (exact) mass is 314 g/mol. The normalized spacial score (nSPS) is 10.8. The van der Waals surface area contributed by atoms with E-state index in [4.69, 9.17) is 27.9 Å². The number of ether oxygens (including phenoxy) is 1. The highest BCUT2D eigenvalue weighted by atomic mass is 35.5. The van der Waals surface area contributed by atoms with Gasteiger partial charge in [0.15, 0.2) is 0 Å². The summed E-state index contributed by atoms with van der Waals surface area (Å²) in [6.45, 7) is 2.28. The number of alkyl halides is 1. The van der Waals surface area contributed by atoms with Gasteiger partial charge in [0.25, 0.3) is 0 Å². The van der Waals surface area contributed by atoms with E-state index in [-0.39, 0.29) is 17.3 Å². The Morgan fingerprint density at radius 1 is 1.45 bits per heavy atom. The molecule has 0 radical (unpaired) electrons. The van der Waals surface area contributed by atoms with Crippen LogP contribution in [0.15, 0.2) is 23.1 Å². The van der Waals surface area contributed by atoms with Crippen molar-refractivity contribution in [2.24, 2.45) is 0 Å². The first-order valence-electron chi connectivity index (χ1n) is 6.01. The van der Waals surface area contributed by atoms with Crippen LogP contribution in [0, 0.1) is 0 Å². The highest BCUT2D eigenvalue weighted by Gasteiger charge is 2.17. The molecule has 20 heavy (non-hydrogen) atoms. The Hall–Kier alpha value is -1.59. The van der Waals surface area contributed by atoms with Crippen molar-refractivity contribution < 1.29 is 9.53 Å². The maximum Gasteiger partial charge on any atom is 0.343 e. The Kier molecular flexibility index (Phi) is 4.62. The first-order chi connectivity index (χ1) is 9.58. The number of aromatic nitrogens is 2. The first kappa shape index (κ1) is 14.8. The third kappa shape index (κ3) is 2.78. The fraction of sp³-hybridized carbons (Fsp3) is 0.308. The zero-order valence-corrected chi connectivity index (χ0v) is 12.2. The molecule has 0 atom stereocenters. The molecule has 0 aliphatic heterocycles. The van der Waals surface area contributed by atoms with Crippen molar-refractivity contribution in [2.75, 3.05) is 12.5 Å². The van der Waals surface area contributed by atoms with Gasteiger partial charge in [-0.05, 0) is 19.1 Å². The van der Waals surface area contributed by atoms with E-state index in [2.05, 4.69) is 4.98 Å². The number of pyridine rings is 2. The summed E-state index contributed by atoms with van der Waals surface area (Å²) < 4.78 is 6.51. The average Bonchev–Trinajstić information content (AvgIpc) is 2.42. The van der Waals surface area contributed by atoms with Crippen LogP contribution in [0.2, 0.25) is 5.15 Å². The molecule has 106 valence electrons. The van der Waals surface area contributed by atoms with Gasteiger partial charge in [-0.3, -0.25) is 4.79 Å². The summed E-state index contributed by atoms with van der Waals surface area (Å²) >= 11 is 11.6. The van der Waals surface area contributed by atoms with Crippen LogP contribution in [-0.4, -0.2) is 28.0 Å². The third-order valence-electron chi connectivity index (χ3n) is 2.71. The summed E-state index contributed by atoms with van der Waals surface area (Å²) in [7, 11) is 0. The summed E-state index contributed by atoms with van der Waals surface area (Å²) in [6.07, 6.45) is 1.41. The summed E-state index contributed by atoms with van der Waals surface area (Å²) in [5, 5.41) is 0.578. The molecule has 0 aromatic carbocycles. The molecular formula is C13H12Cl2N2O3. The third-order valence-corrected chi connectivity index (χ3v) is 3.09. The smallest absolute Gasteiger partial charge is 0.343 e. The maximum absolute atomic E-state index is 12.3. The van der Waals surface area contributed by atoms with Crippen molar-refractivity contribution in [3.63, 3.8) is 0 Å². The quantitative estimate of drug-likeness (QED) is 0.494. The van der Waals surface area contributed by atoms with Gasteiger partial charge < -0.3 is 9.30 Å². The molecule has 0 aliphatic rings. The van der Waals surface area contributed by atoms with Crippen LogP contribution in [0.25, 0.3) is 11.0 Å². The van der Waals surface area contributed by atoms with Gasteiger partial charge in [0, 0.05) is 18.6 Å². The van der Waals surface area contributed by atoms with E-state index >= 15 is 0 Å². The lowest BCUT2D eigenvalue weighted by molar-refractivity contribution is 0.0524. The number of fused-ring (bicyclic) bond motifs is 1. The number of halogens is 2. The Labute approximate surface area is 125 Å². The van der Waals surface area contributed by atoms with Gasteiger partial charge in [-0.1, -0.05) is 11.6 Å². The molecule has 0 saturated carbocycles. The summed E-state index contributed by atoms with van der Waals surface area (Å²) in [5.74, 6) is -0.341. The minimum Gasteiger partial charge on any atom is -0.462 e. The topological polar surface area (TPSA) is 61.2 Å². The molecule has 0 aliphatic carbocycles. The molecule has 2 aromatic heterocycles. The zero-order valence-electron chi connectivity index (χ0n) is 10.7. The number of hydrogen-bond acceptors (Lipinski definition) is 4. The molecule has 0 unspecified atom stereocenters. The molecule has 0 amide bonds. The fourth-order valence-electron chi connectivity index (χ4n) is 1.86. The molecule has 7 heteroatoms. The van der Waals surface area contributed by atoms with Crippen molar-refractivity contribution in [1.82, 2.24) is 9.55 Å². The van der Waals surface area contributed by atoms with Crippen molar-refractivity contribution in [2.45, 2.75) is 13.5 Å². The molecular weight excluding hydrogens is 303 g/mol. The van der Waals surface area contributed by atoms with Crippen LogP contribution >= 0.6 is 23.2 Å². The Morgan fingerprint density at radius 3 is 2.85 bits per heavy atom. The predicted molar refractivity (Wildman–Crippen MR) is 77.7 cm³/mol. The van der Waals surface area contributed by atoms with Crippen LogP contribution < -0.4 is 5.43 Å². The van der Waals surface area contributed by atoms with Crippen molar-refractivity contribution in [1.29, 1.82) is 0 Å². The second-order valence-corrected chi connectivity index (χ2v) is 4.75. The van der Waals surface area contributed by atoms with Gasteiger partial charge in [-0.25, -0.2) is 9.78 Å². The van der Waals surface area contributed by atoms with E-state index in [1.807, 2.05) is 0 Å². The number of carbonyl (C=O) groups is 1. The van der Waals surface area contributed by atoms with E-state index in [1.165, 1.54) is 12.3 Å². The minimum absolute atomic E-state index is 0.0337. The van der Waals surface area contributed by atoms with Crippen LogP contribution in [0.5, 0.6) is 0 Å². The van der Waals surface area contributed by atoms with Gasteiger partial charge in [-0.2, -0.15) is 0 Å². The highest BCUT2D eigenvalue weighted by molar-refractivity contribution is 6.29. The van der Waals surface area contributed by atoms with Crippen LogP contribution in [-0.2, 0) is 11.3 Å². The molecule has 0 saturated heterocycles. The second kappa shape index (κ2) is 6.24. The van der Waals surface area contributed by atoms with E-state index in [1.54, 1.807) is 17.6 Å². The van der Waals surface area contributed by atoms with Gasteiger partial charge in [0.2, 0.25) is 5.43 Å². The zero-order chi connectivity index (χ0) is 14.7. The van der Waals surface area contributed by atoms with E-state index in [9.17, 15) is 9.59 Å². The molecule has 2 aromatic rings. The molecule has 5 nitrogen and oxygen atoms in total. The van der Waals surface area contributed by atoms with Crippen molar-refractivity contribution >= 4 is 40.2 Å². The standard InChI is InChI=1S/C13H12Cl2N2O3/c1-2-20-13(19)9-7-17(6-5-14)12-8(11(9)18)3-4-10(15)16-12/h3-4,7H,2,5-6H2,1H3. The highest BCUT2D eigenvalue weighted by Crippen LogP contribution is 2.14. The molecule has 2 rings (SSSR count). The Morgan fingerprint density at radius 2 is 2.20 bits per heavy atom. The SMILES string of the molecule is CCOC(=O)c1cn(CCCl)c2nc(Cl)ccc2c1=O. The number of esters is 1. The van der Waals surface area contributed by atoms with E-state index < -0.39 is 11.4 Å². The van der Waals surface area contributed by atoms with E-state index in [0.717, 1.165) is 0 Å².